The molecule has 1 unspecified atom stereocenters. The second-order valence-electron chi connectivity index (χ2n) is 2.80. The van der Waals surface area contributed by atoms with Gasteiger partial charge in [0.05, 0.1) is 5.76 Å². The summed E-state index contributed by atoms with van der Waals surface area (Å²) < 4.78 is 16.3. The molecule has 0 aromatic carbocycles. The van der Waals surface area contributed by atoms with Crippen molar-refractivity contribution in [3.63, 3.8) is 0 Å². The Balaban J connectivity index is 2.33. The quantitative estimate of drug-likeness (QED) is 0.579. The first-order valence-electron chi connectivity index (χ1n) is 3.70. The number of hydrogen-bond acceptors (Lipinski definition) is 1. The van der Waals surface area contributed by atoms with E-state index in [0.29, 0.717) is 0 Å². The minimum Gasteiger partial charge on any atom is -0.468 e. The van der Waals surface area contributed by atoms with Gasteiger partial charge in [0.2, 0.25) is 6.86 Å². The Morgan fingerprint density at radius 3 is 3.10 bits per heavy atom. The number of halogens is 1. The van der Waals surface area contributed by atoms with Crippen LogP contribution in [-0.2, 0) is 4.74 Å². The van der Waals surface area contributed by atoms with Gasteiger partial charge in [-0.3, -0.25) is 0 Å². The van der Waals surface area contributed by atoms with Gasteiger partial charge in [0, 0.05) is 6.42 Å². The Labute approximate surface area is 60.9 Å². The van der Waals surface area contributed by atoms with E-state index in [1.54, 1.807) is 0 Å². The molecule has 1 aliphatic carbocycles. The zero-order chi connectivity index (χ0) is 7.40. The van der Waals surface area contributed by atoms with Crippen LogP contribution in [0.1, 0.15) is 26.2 Å². The highest BCUT2D eigenvalue weighted by atomic mass is 19.1. The fourth-order valence-corrected chi connectivity index (χ4v) is 1.14. The van der Waals surface area contributed by atoms with E-state index >= 15 is 0 Å². The van der Waals surface area contributed by atoms with E-state index in [-0.39, 0.29) is 0 Å². The first-order chi connectivity index (χ1) is 4.83. The lowest BCUT2D eigenvalue weighted by Crippen LogP contribution is -2.03. The summed E-state index contributed by atoms with van der Waals surface area (Å²) in [5, 5.41) is 0. The molecule has 0 aliphatic heterocycles. The van der Waals surface area contributed by atoms with Crippen LogP contribution in [0.3, 0.4) is 0 Å². The molecule has 0 N–H and O–H groups in total. The van der Waals surface area contributed by atoms with Crippen molar-refractivity contribution in [1.29, 1.82) is 0 Å². The topological polar surface area (TPSA) is 9.23 Å². The van der Waals surface area contributed by atoms with Gasteiger partial charge in [0.15, 0.2) is 0 Å². The molecule has 2 heteroatoms. The van der Waals surface area contributed by atoms with Crippen LogP contribution in [0.25, 0.3) is 0 Å². The maximum Gasteiger partial charge on any atom is 0.228 e. The van der Waals surface area contributed by atoms with Crippen molar-refractivity contribution in [3.05, 3.63) is 11.8 Å². The summed E-state index contributed by atoms with van der Waals surface area (Å²) in [5.41, 5.74) is 0. The molecular formula is C8H13FO. The Kier molecular flexibility index (Phi) is 2.72. The van der Waals surface area contributed by atoms with Crippen LogP contribution in [0.2, 0.25) is 0 Å². The van der Waals surface area contributed by atoms with E-state index in [4.69, 9.17) is 4.74 Å². The van der Waals surface area contributed by atoms with Gasteiger partial charge in [0.25, 0.3) is 0 Å². The second kappa shape index (κ2) is 3.59. The van der Waals surface area contributed by atoms with Gasteiger partial charge in [-0.25, -0.2) is 4.39 Å². The average Bonchev–Trinajstić information content (AvgIpc) is 1.95. The van der Waals surface area contributed by atoms with Crippen molar-refractivity contribution in [2.75, 3.05) is 6.86 Å². The largest absolute Gasteiger partial charge is 0.468 e. The SMILES string of the molecule is CC1CC=C(OCF)CC1. The van der Waals surface area contributed by atoms with Crippen molar-refractivity contribution in [1.82, 2.24) is 0 Å². The van der Waals surface area contributed by atoms with Crippen molar-refractivity contribution in [2.45, 2.75) is 26.2 Å². The van der Waals surface area contributed by atoms with Crippen molar-refractivity contribution >= 4 is 0 Å². The number of alkyl halides is 1. The highest BCUT2D eigenvalue weighted by Crippen LogP contribution is 2.23. The number of ether oxygens (including phenoxy) is 1. The molecule has 10 heavy (non-hydrogen) atoms. The van der Waals surface area contributed by atoms with Gasteiger partial charge < -0.3 is 4.74 Å². The second-order valence-corrected chi connectivity index (χ2v) is 2.80. The molecule has 1 rings (SSSR count). The maximum absolute atomic E-state index is 11.6. The first-order valence-corrected chi connectivity index (χ1v) is 3.70. The van der Waals surface area contributed by atoms with Gasteiger partial charge in [0.1, 0.15) is 0 Å². The highest BCUT2D eigenvalue weighted by Gasteiger charge is 2.09. The molecular weight excluding hydrogens is 131 g/mol. The third kappa shape index (κ3) is 2.01. The Bertz CT molecular complexity index is 131. The van der Waals surface area contributed by atoms with E-state index in [1.165, 1.54) is 0 Å². The van der Waals surface area contributed by atoms with E-state index < -0.39 is 6.86 Å². The third-order valence-electron chi connectivity index (χ3n) is 1.87. The fraction of sp³-hybridized carbons (Fsp3) is 0.750. The molecule has 0 fully saturated rings. The predicted molar refractivity (Wildman–Crippen MR) is 38.2 cm³/mol. The Morgan fingerprint density at radius 1 is 1.80 bits per heavy atom. The van der Waals surface area contributed by atoms with Crippen LogP contribution in [0.5, 0.6) is 0 Å². The van der Waals surface area contributed by atoms with Gasteiger partial charge >= 0.3 is 0 Å². The molecule has 1 atom stereocenters. The lowest BCUT2D eigenvalue weighted by molar-refractivity contribution is 0.103. The summed E-state index contributed by atoms with van der Waals surface area (Å²) in [7, 11) is 0. The Morgan fingerprint density at radius 2 is 2.60 bits per heavy atom. The molecule has 0 heterocycles. The summed E-state index contributed by atoms with van der Waals surface area (Å²) in [6.07, 6.45) is 5.07. The summed E-state index contributed by atoms with van der Waals surface area (Å²) in [5.74, 6) is 1.58. The van der Waals surface area contributed by atoms with Crippen LogP contribution < -0.4 is 0 Å². The monoisotopic (exact) mass is 144 g/mol. The van der Waals surface area contributed by atoms with Crippen LogP contribution >= 0.6 is 0 Å². The minimum atomic E-state index is -0.680. The Hall–Kier alpha value is -0.530. The smallest absolute Gasteiger partial charge is 0.228 e. The lowest BCUT2D eigenvalue weighted by atomic mass is 9.95. The van der Waals surface area contributed by atoms with Crippen LogP contribution in [-0.4, -0.2) is 6.86 Å². The molecule has 0 bridgehead atoms. The summed E-state index contributed by atoms with van der Waals surface area (Å²) in [6, 6.07) is 0. The van der Waals surface area contributed by atoms with Crippen molar-refractivity contribution in [3.8, 4) is 0 Å². The first kappa shape index (κ1) is 7.58. The normalized spacial score (nSPS) is 25.8. The van der Waals surface area contributed by atoms with E-state index in [1.807, 2.05) is 6.08 Å². The van der Waals surface area contributed by atoms with E-state index in [0.717, 1.165) is 30.9 Å². The molecule has 0 aromatic heterocycles. The van der Waals surface area contributed by atoms with Crippen LogP contribution in [0, 0.1) is 5.92 Å². The van der Waals surface area contributed by atoms with E-state index in [2.05, 4.69) is 6.92 Å². The average molecular weight is 144 g/mol. The molecule has 0 spiro atoms. The summed E-state index contributed by atoms with van der Waals surface area (Å²) >= 11 is 0. The molecule has 0 aromatic rings. The lowest BCUT2D eigenvalue weighted by Gasteiger charge is -2.16. The van der Waals surface area contributed by atoms with Gasteiger partial charge in [-0.15, -0.1) is 0 Å². The molecule has 1 nitrogen and oxygen atoms in total. The molecule has 1 aliphatic rings. The van der Waals surface area contributed by atoms with E-state index in [9.17, 15) is 4.39 Å². The van der Waals surface area contributed by atoms with Gasteiger partial charge in [-0.1, -0.05) is 6.92 Å². The summed E-state index contributed by atoms with van der Waals surface area (Å²) in [6.45, 7) is 1.52. The minimum absolute atomic E-state index is 0.680. The fourth-order valence-electron chi connectivity index (χ4n) is 1.14. The zero-order valence-electron chi connectivity index (χ0n) is 6.27. The molecule has 0 saturated carbocycles. The number of rotatable bonds is 2. The van der Waals surface area contributed by atoms with Gasteiger partial charge in [-0.05, 0) is 24.8 Å². The van der Waals surface area contributed by atoms with Crippen LogP contribution in [0.15, 0.2) is 11.8 Å². The third-order valence-corrected chi connectivity index (χ3v) is 1.87. The van der Waals surface area contributed by atoms with Gasteiger partial charge in [-0.2, -0.15) is 0 Å². The predicted octanol–water partition coefficient (Wildman–Crippen LogP) is 2.63. The highest BCUT2D eigenvalue weighted by molar-refractivity contribution is 4.97. The summed E-state index contributed by atoms with van der Waals surface area (Å²) in [4.78, 5) is 0. The standard InChI is InChI=1S/C8H13FO/c1-7-2-4-8(5-3-7)10-6-9/h4,7H,2-3,5-6H2,1H3. The van der Waals surface area contributed by atoms with Crippen molar-refractivity contribution in [2.24, 2.45) is 5.92 Å². The number of allylic oxidation sites excluding steroid dienone is 2. The molecule has 0 amide bonds. The number of hydrogen-bond donors (Lipinski definition) is 0. The molecule has 58 valence electrons. The van der Waals surface area contributed by atoms with Crippen molar-refractivity contribution < 1.29 is 9.13 Å². The maximum atomic E-state index is 11.6. The molecule has 0 radical (unpaired) electrons. The van der Waals surface area contributed by atoms with Crippen LogP contribution in [0.4, 0.5) is 4.39 Å². The zero-order valence-corrected chi connectivity index (χ0v) is 6.27. The molecule has 0 saturated heterocycles.